The lowest BCUT2D eigenvalue weighted by Crippen LogP contribution is -2.45. The standard InChI is InChI=1S/C17H25N3O2/c1-16(2,3)11-17(4,5)20-15(21)12-6-7-13(19)14(10-12)22-9-8-18/h6-7,10H,9,11,19H2,1-5H3,(H,20,21). The lowest BCUT2D eigenvalue weighted by Gasteiger charge is -2.33. The third-order valence-electron chi connectivity index (χ3n) is 2.99. The van der Waals surface area contributed by atoms with Crippen molar-refractivity contribution >= 4 is 11.6 Å². The average Bonchev–Trinajstić information content (AvgIpc) is 2.34. The second kappa shape index (κ2) is 6.69. The van der Waals surface area contributed by atoms with Crippen molar-refractivity contribution in [1.82, 2.24) is 5.32 Å². The molecule has 0 radical (unpaired) electrons. The van der Waals surface area contributed by atoms with Crippen molar-refractivity contribution in [1.29, 1.82) is 5.26 Å². The van der Waals surface area contributed by atoms with Crippen molar-refractivity contribution in [3.8, 4) is 11.8 Å². The van der Waals surface area contributed by atoms with Crippen LogP contribution in [0.5, 0.6) is 5.75 Å². The number of benzene rings is 1. The smallest absolute Gasteiger partial charge is 0.251 e. The summed E-state index contributed by atoms with van der Waals surface area (Å²) in [6, 6.07) is 6.70. The Bertz CT molecular complexity index is 581. The summed E-state index contributed by atoms with van der Waals surface area (Å²) < 4.78 is 5.22. The number of nitrogen functional groups attached to an aromatic ring is 1. The number of carbonyl (C=O) groups is 1. The normalized spacial score (nSPS) is 11.6. The zero-order valence-corrected chi connectivity index (χ0v) is 14.0. The van der Waals surface area contributed by atoms with Gasteiger partial charge in [-0.25, -0.2) is 0 Å². The van der Waals surface area contributed by atoms with Crippen molar-refractivity contribution < 1.29 is 9.53 Å². The number of nitrogens with one attached hydrogen (secondary N) is 1. The van der Waals surface area contributed by atoms with Crippen LogP contribution in [-0.4, -0.2) is 18.1 Å². The maximum atomic E-state index is 12.4. The van der Waals surface area contributed by atoms with Crippen LogP contribution in [0.15, 0.2) is 18.2 Å². The summed E-state index contributed by atoms with van der Waals surface area (Å²) in [7, 11) is 0. The molecular formula is C17H25N3O2. The highest BCUT2D eigenvalue weighted by Gasteiger charge is 2.27. The molecule has 120 valence electrons. The van der Waals surface area contributed by atoms with Crippen LogP contribution in [0.25, 0.3) is 0 Å². The van der Waals surface area contributed by atoms with E-state index >= 15 is 0 Å². The quantitative estimate of drug-likeness (QED) is 0.818. The van der Waals surface area contributed by atoms with E-state index in [1.165, 1.54) is 0 Å². The Labute approximate surface area is 132 Å². The number of nitrogens with two attached hydrogens (primary N) is 1. The molecule has 5 nitrogen and oxygen atoms in total. The highest BCUT2D eigenvalue weighted by atomic mass is 16.5. The molecule has 3 N–H and O–H groups in total. The molecule has 0 saturated carbocycles. The molecule has 0 aliphatic heterocycles. The van der Waals surface area contributed by atoms with Gasteiger partial charge >= 0.3 is 0 Å². The fourth-order valence-corrected chi connectivity index (χ4v) is 2.66. The van der Waals surface area contributed by atoms with Gasteiger partial charge in [0, 0.05) is 11.1 Å². The SMILES string of the molecule is CC(C)(C)CC(C)(C)NC(=O)c1ccc(N)c(OCC#N)c1. The number of hydrogen-bond donors (Lipinski definition) is 2. The van der Waals surface area contributed by atoms with Gasteiger partial charge in [-0.15, -0.1) is 0 Å². The molecule has 0 atom stereocenters. The molecule has 5 heteroatoms. The molecule has 1 amide bonds. The molecule has 0 fully saturated rings. The third kappa shape index (κ3) is 5.65. The van der Waals surface area contributed by atoms with Crippen LogP contribution in [0.4, 0.5) is 5.69 Å². The number of ether oxygens (including phenoxy) is 1. The van der Waals surface area contributed by atoms with Gasteiger partial charge < -0.3 is 15.8 Å². The van der Waals surface area contributed by atoms with E-state index in [0.29, 0.717) is 17.0 Å². The maximum absolute atomic E-state index is 12.4. The number of hydrogen-bond acceptors (Lipinski definition) is 4. The van der Waals surface area contributed by atoms with Crippen LogP contribution in [-0.2, 0) is 0 Å². The molecule has 0 aliphatic rings. The number of carbonyl (C=O) groups excluding carboxylic acids is 1. The van der Waals surface area contributed by atoms with Crippen LogP contribution in [0.1, 0.15) is 51.4 Å². The molecule has 0 heterocycles. The van der Waals surface area contributed by atoms with Crippen molar-refractivity contribution in [3.63, 3.8) is 0 Å². The lowest BCUT2D eigenvalue weighted by molar-refractivity contribution is 0.0891. The summed E-state index contributed by atoms with van der Waals surface area (Å²) in [5, 5.41) is 11.6. The molecule has 0 aliphatic carbocycles. The highest BCUT2D eigenvalue weighted by molar-refractivity contribution is 5.95. The predicted octanol–water partition coefficient (Wildman–Crippen LogP) is 3.12. The van der Waals surface area contributed by atoms with Crippen molar-refractivity contribution in [3.05, 3.63) is 23.8 Å². The van der Waals surface area contributed by atoms with Gasteiger partial charge in [0.25, 0.3) is 5.91 Å². The van der Waals surface area contributed by atoms with E-state index in [2.05, 4.69) is 26.1 Å². The van der Waals surface area contributed by atoms with Gasteiger partial charge in [0.05, 0.1) is 5.69 Å². The molecule has 0 bridgehead atoms. The van der Waals surface area contributed by atoms with E-state index in [4.69, 9.17) is 15.7 Å². The summed E-state index contributed by atoms with van der Waals surface area (Å²) in [5.41, 5.74) is 6.42. The van der Waals surface area contributed by atoms with E-state index in [1.807, 2.05) is 19.9 Å². The molecule has 0 unspecified atom stereocenters. The van der Waals surface area contributed by atoms with E-state index in [0.717, 1.165) is 6.42 Å². The first kappa shape index (κ1) is 17.8. The molecule has 22 heavy (non-hydrogen) atoms. The first-order valence-corrected chi connectivity index (χ1v) is 7.26. The van der Waals surface area contributed by atoms with Crippen LogP contribution in [0.3, 0.4) is 0 Å². The van der Waals surface area contributed by atoms with Gasteiger partial charge in [-0.2, -0.15) is 5.26 Å². The average molecular weight is 303 g/mol. The van der Waals surface area contributed by atoms with Gasteiger partial charge in [0.15, 0.2) is 6.61 Å². The fourth-order valence-electron chi connectivity index (χ4n) is 2.66. The number of nitriles is 1. The van der Waals surface area contributed by atoms with Crippen LogP contribution < -0.4 is 15.8 Å². The largest absolute Gasteiger partial charge is 0.477 e. The van der Waals surface area contributed by atoms with Gasteiger partial charge in [0.2, 0.25) is 0 Å². The third-order valence-corrected chi connectivity index (χ3v) is 2.99. The molecule has 0 saturated heterocycles. The second-order valence-electron chi connectivity index (χ2n) is 7.27. The fraction of sp³-hybridized carbons (Fsp3) is 0.529. The Balaban J connectivity index is 2.88. The first-order chi connectivity index (χ1) is 10.0. The van der Waals surface area contributed by atoms with Gasteiger partial charge in [0.1, 0.15) is 11.8 Å². The Morgan fingerprint density at radius 1 is 1.32 bits per heavy atom. The van der Waals surface area contributed by atoms with Crippen LogP contribution in [0.2, 0.25) is 0 Å². The number of rotatable bonds is 5. The summed E-state index contributed by atoms with van der Waals surface area (Å²) in [6.07, 6.45) is 0.846. The van der Waals surface area contributed by atoms with Crippen molar-refractivity contribution in [2.45, 2.75) is 46.6 Å². The minimum absolute atomic E-state index is 0.106. The molecule has 1 aromatic rings. The minimum atomic E-state index is -0.329. The molecule has 0 spiro atoms. The van der Waals surface area contributed by atoms with E-state index in [-0.39, 0.29) is 23.5 Å². The van der Waals surface area contributed by atoms with Gasteiger partial charge in [-0.1, -0.05) is 20.8 Å². The predicted molar refractivity (Wildman–Crippen MR) is 87.6 cm³/mol. The van der Waals surface area contributed by atoms with Gasteiger partial charge in [-0.3, -0.25) is 4.79 Å². The van der Waals surface area contributed by atoms with Crippen molar-refractivity contribution in [2.24, 2.45) is 5.41 Å². The molecule has 1 aromatic carbocycles. The van der Waals surface area contributed by atoms with Crippen molar-refractivity contribution in [2.75, 3.05) is 12.3 Å². The number of nitrogens with zero attached hydrogens (tertiary/aromatic N) is 1. The molecule has 0 aromatic heterocycles. The lowest BCUT2D eigenvalue weighted by atomic mass is 9.81. The maximum Gasteiger partial charge on any atom is 0.251 e. The first-order valence-electron chi connectivity index (χ1n) is 7.26. The molecular weight excluding hydrogens is 278 g/mol. The Kier molecular flexibility index (Phi) is 5.43. The summed E-state index contributed by atoms with van der Waals surface area (Å²) >= 11 is 0. The topological polar surface area (TPSA) is 88.1 Å². The zero-order chi connectivity index (χ0) is 17.0. The number of amides is 1. The monoisotopic (exact) mass is 303 g/mol. The summed E-state index contributed by atoms with van der Waals surface area (Å²) in [4.78, 5) is 12.4. The zero-order valence-electron chi connectivity index (χ0n) is 14.0. The van der Waals surface area contributed by atoms with E-state index in [1.54, 1.807) is 18.2 Å². The highest BCUT2D eigenvalue weighted by Crippen LogP contribution is 2.28. The van der Waals surface area contributed by atoms with E-state index < -0.39 is 0 Å². The van der Waals surface area contributed by atoms with Gasteiger partial charge in [-0.05, 0) is 43.9 Å². The Hall–Kier alpha value is -2.22. The minimum Gasteiger partial charge on any atom is -0.477 e. The van der Waals surface area contributed by atoms with E-state index in [9.17, 15) is 4.79 Å². The Morgan fingerprint density at radius 3 is 2.50 bits per heavy atom. The summed E-state index contributed by atoms with van der Waals surface area (Å²) in [5.74, 6) is 0.166. The number of anilines is 1. The summed E-state index contributed by atoms with van der Waals surface area (Å²) in [6.45, 7) is 10.3. The van der Waals surface area contributed by atoms with Crippen LogP contribution >= 0.6 is 0 Å². The van der Waals surface area contributed by atoms with Crippen LogP contribution in [0, 0.1) is 16.7 Å². The second-order valence-corrected chi connectivity index (χ2v) is 7.27. The Morgan fingerprint density at radius 2 is 1.95 bits per heavy atom. The molecule has 1 rings (SSSR count).